The topological polar surface area (TPSA) is 66.0 Å². The normalized spacial score (nSPS) is 10.5. The molecule has 0 saturated heterocycles. The van der Waals surface area contributed by atoms with Crippen LogP contribution < -0.4 is 10.5 Å². The molecule has 0 unspecified atom stereocenters. The fourth-order valence-electron chi connectivity index (χ4n) is 2.17. The van der Waals surface area contributed by atoms with Gasteiger partial charge in [0.05, 0.1) is 25.5 Å². The van der Waals surface area contributed by atoms with Crippen molar-refractivity contribution < 1.29 is 4.74 Å². The molecular weight excluding hydrogens is 264 g/mol. The highest BCUT2D eigenvalue weighted by molar-refractivity contribution is 5.67. The Morgan fingerprint density at radius 3 is 2.67 bits per heavy atom. The van der Waals surface area contributed by atoms with Gasteiger partial charge in [-0.2, -0.15) is 5.10 Å². The van der Waals surface area contributed by atoms with E-state index in [1.807, 2.05) is 41.3 Å². The van der Waals surface area contributed by atoms with Crippen LogP contribution in [-0.4, -0.2) is 21.9 Å². The molecular formula is C16H16N4O. The Kier molecular flexibility index (Phi) is 3.55. The number of ether oxygens (including phenoxy) is 1. The van der Waals surface area contributed by atoms with Crippen molar-refractivity contribution in [2.24, 2.45) is 0 Å². The molecule has 0 spiro atoms. The van der Waals surface area contributed by atoms with Crippen LogP contribution in [0.3, 0.4) is 0 Å². The lowest BCUT2D eigenvalue weighted by atomic mass is 10.1. The second kappa shape index (κ2) is 5.66. The minimum absolute atomic E-state index is 0.440. The third-order valence-electron chi connectivity index (χ3n) is 3.23. The molecule has 3 rings (SSSR count). The summed E-state index contributed by atoms with van der Waals surface area (Å²) in [4.78, 5) is 4.18. The van der Waals surface area contributed by atoms with Crippen molar-refractivity contribution in [3.05, 3.63) is 60.6 Å². The maximum absolute atomic E-state index is 5.88. The van der Waals surface area contributed by atoms with Gasteiger partial charge in [0, 0.05) is 23.5 Å². The zero-order valence-corrected chi connectivity index (χ0v) is 11.7. The number of benzene rings is 1. The minimum atomic E-state index is 0.440. The van der Waals surface area contributed by atoms with E-state index in [0.29, 0.717) is 11.6 Å². The number of nitrogens with zero attached hydrogens (tertiary/aromatic N) is 3. The Morgan fingerprint density at radius 1 is 1.14 bits per heavy atom. The van der Waals surface area contributed by atoms with Crippen LogP contribution in [0.4, 0.5) is 5.69 Å². The molecule has 0 atom stereocenters. The summed E-state index contributed by atoms with van der Waals surface area (Å²) >= 11 is 0. The first kappa shape index (κ1) is 13.2. The van der Waals surface area contributed by atoms with Gasteiger partial charge in [-0.3, -0.25) is 4.68 Å². The maximum Gasteiger partial charge on any atom is 0.236 e. The molecule has 2 heterocycles. The lowest BCUT2D eigenvalue weighted by Crippen LogP contribution is -1.99. The number of nitrogens with two attached hydrogens (primary N) is 1. The molecule has 0 radical (unpaired) electrons. The summed E-state index contributed by atoms with van der Waals surface area (Å²) in [6.07, 6.45) is 5.53. The monoisotopic (exact) mass is 280 g/mol. The highest BCUT2D eigenvalue weighted by atomic mass is 16.5. The summed E-state index contributed by atoms with van der Waals surface area (Å²) in [5.41, 5.74) is 9.52. The van der Waals surface area contributed by atoms with E-state index in [2.05, 4.69) is 22.2 Å². The van der Waals surface area contributed by atoms with Crippen LogP contribution >= 0.6 is 0 Å². The van der Waals surface area contributed by atoms with Crippen molar-refractivity contribution in [2.75, 3.05) is 12.8 Å². The van der Waals surface area contributed by atoms with Crippen LogP contribution in [-0.2, 0) is 6.54 Å². The van der Waals surface area contributed by atoms with Crippen molar-refractivity contribution >= 4 is 5.69 Å². The molecule has 1 aromatic carbocycles. The molecule has 0 saturated carbocycles. The van der Waals surface area contributed by atoms with Gasteiger partial charge < -0.3 is 10.5 Å². The molecule has 2 aromatic heterocycles. The van der Waals surface area contributed by atoms with E-state index in [9.17, 15) is 0 Å². The van der Waals surface area contributed by atoms with Crippen LogP contribution in [0.1, 0.15) is 5.56 Å². The van der Waals surface area contributed by atoms with Crippen molar-refractivity contribution in [1.82, 2.24) is 14.8 Å². The van der Waals surface area contributed by atoms with E-state index < -0.39 is 0 Å². The third kappa shape index (κ3) is 2.86. The van der Waals surface area contributed by atoms with Gasteiger partial charge in [-0.15, -0.1) is 0 Å². The Labute approximate surface area is 123 Å². The number of methoxy groups -OCH3 is 1. The number of hydrogen-bond acceptors (Lipinski definition) is 4. The quantitative estimate of drug-likeness (QED) is 0.797. The number of anilines is 1. The first-order chi connectivity index (χ1) is 10.3. The molecule has 3 aromatic rings. The minimum Gasteiger partial charge on any atom is -0.480 e. The standard InChI is InChI=1S/C16H16N4O/c1-21-16-15(17)7-13(8-18-16)14-9-19-20(11-14)10-12-5-3-2-4-6-12/h2-9,11H,10,17H2,1H3. The van der Waals surface area contributed by atoms with Crippen molar-refractivity contribution in [3.8, 4) is 17.0 Å². The molecule has 0 aliphatic rings. The highest BCUT2D eigenvalue weighted by Gasteiger charge is 2.07. The molecule has 0 aliphatic carbocycles. The number of aromatic nitrogens is 3. The van der Waals surface area contributed by atoms with Crippen molar-refractivity contribution in [1.29, 1.82) is 0 Å². The summed E-state index contributed by atoms with van der Waals surface area (Å²) in [6.45, 7) is 0.736. The summed E-state index contributed by atoms with van der Waals surface area (Å²) in [6, 6.07) is 12.0. The predicted molar refractivity (Wildman–Crippen MR) is 82.0 cm³/mol. The molecule has 0 aliphatic heterocycles. The molecule has 0 amide bonds. The molecule has 5 heteroatoms. The smallest absolute Gasteiger partial charge is 0.236 e. The van der Waals surface area contributed by atoms with Gasteiger partial charge in [-0.25, -0.2) is 4.98 Å². The third-order valence-corrected chi connectivity index (χ3v) is 3.23. The lowest BCUT2D eigenvalue weighted by Gasteiger charge is -2.04. The van der Waals surface area contributed by atoms with Crippen LogP contribution in [0, 0.1) is 0 Å². The van der Waals surface area contributed by atoms with Gasteiger partial charge in [0.15, 0.2) is 0 Å². The largest absolute Gasteiger partial charge is 0.480 e. The Bertz CT molecular complexity index is 737. The first-order valence-corrected chi connectivity index (χ1v) is 6.62. The molecule has 21 heavy (non-hydrogen) atoms. The maximum atomic E-state index is 5.88. The van der Waals surface area contributed by atoms with Crippen LogP contribution in [0.25, 0.3) is 11.1 Å². The number of rotatable bonds is 4. The van der Waals surface area contributed by atoms with E-state index in [4.69, 9.17) is 10.5 Å². The van der Waals surface area contributed by atoms with Gasteiger partial charge in [0.25, 0.3) is 0 Å². The fourth-order valence-corrected chi connectivity index (χ4v) is 2.17. The summed E-state index contributed by atoms with van der Waals surface area (Å²) in [5, 5.41) is 4.38. The van der Waals surface area contributed by atoms with Crippen LogP contribution in [0.15, 0.2) is 55.0 Å². The van der Waals surface area contributed by atoms with E-state index in [0.717, 1.165) is 17.7 Å². The summed E-state index contributed by atoms with van der Waals surface area (Å²) < 4.78 is 6.96. The van der Waals surface area contributed by atoms with Gasteiger partial charge in [-0.1, -0.05) is 30.3 Å². The molecule has 2 N–H and O–H groups in total. The molecule has 106 valence electrons. The van der Waals surface area contributed by atoms with E-state index >= 15 is 0 Å². The van der Waals surface area contributed by atoms with Gasteiger partial charge in [-0.05, 0) is 11.6 Å². The number of hydrogen-bond donors (Lipinski definition) is 1. The second-order valence-electron chi connectivity index (χ2n) is 4.73. The lowest BCUT2D eigenvalue weighted by molar-refractivity contribution is 0.400. The summed E-state index contributed by atoms with van der Waals surface area (Å²) in [7, 11) is 1.55. The van der Waals surface area contributed by atoms with Crippen LogP contribution in [0.2, 0.25) is 0 Å². The Morgan fingerprint density at radius 2 is 1.95 bits per heavy atom. The Hall–Kier alpha value is -2.82. The average molecular weight is 280 g/mol. The van der Waals surface area contributed by atoms with E-state index in [-0.39, 0.29) is 0 Å². The zero-order valence-electron chi connectivity index (χ0n) is 11.7. The fraction of sp³-hybridized carbons (Fsp3) is 0.125. The highest BCUT2D eigenvalue weighted by Crippen LogP contribution is 2.25. The predicted octanol–water partition coefficient (Wildman–Crippen LogP) is 2.58. The summed E-state index contributed by atoms with van der Waals surface area (Å²) in [5.74, 6) is 0.440. The molecule has 5 nitrogen and oxygen atoms in total. The van der Waals surface area contributed by atoms with Crippen molar-refractivity contribution in [2.45, 2.75) is 6.54 Å². The second-order valence-corrected chi connectivity index (χ2v) is 4.73. The van der Waals surface area contributed by atoms with Crippen molar-refractivity contribution in [3.63, 3.8) is 0 Å². The SMILES string of the molecule is COc1ncc(-c2cnn(Cc3ccccc3)c2)cc1N. The van der Waals surface area contributed by atoms with E-state index in [1.54, 1.807) is 13.3 Å². The van der Waals surface area contributed by atoms with Crippen LogP contribution in [0.5, 0.6) is 5.88 Å². The molecule has 0 fully saturated rings. The molecule has 0 bridgehead atoms. The Balaban J connectivity index is 1.83. The number of nitrogen functional groups attached to an aromatic ring is 1. The number of pyridine rings is 1. The first-order valence-electron chi connectivity index (χ1n) is 6.62. The van der Waals surface area contributed by atoms with Gasteiger partial charge in [0.1, 0.15) is 0 Å². The zero-order chi connectivity index (χ0) is 14.7. The average Bonchev–Trinajstić information content (AvgIpc) is 2.97. The van der Waals surface area contributed by atoms with Gasteiger partial charge >= 0.3 is 0 Å². The van der Waals surface area contributed by atoms with Gasteiger partial charge in [0.2, 0.25) is 5.88 Å². The van der Waals surface area contributed by atoms with E-state index in [1.165, 1.54) is 5.56 Å².